The topological polar surface area (TPSA) is 59.6 Å². The van der Waals surface area contributed by atoms with E-state index < -0.39 is 5.82 Å². The molecule has 1 saturated heterocycles. The molecule has 2 rings (SSSR count). The maximum Gasteiger partial charge on any atom is 0.228 e. The van der Waals surface area contributed by atoms with Crippen molar-refractivity contribution in [3.63, 3.8) is 0 Å². The Morgan fingerprint density at radius 2 is 2.05 bits per heavy atom. The largest absolute Gasteiger partial charge is 0.493 e. The Morgan fingerprint density at radius 3 is 2.63 bits per heavy atom. The molecular weight excluding hydrogens is 251 g/mol. The summed E-state index contributed by atoms with van der Waals surface area (Å²) in [5.41, 5.74) is 0.106. The lowest BCUT2D eigenvalue weighted by Gasteiger charge is -2.13. The van der Waals surface area contributed by atoms with Gasteiger partial charge in [0, 0.05) is 18.7 Å². The highest BCUT2D eigenvalue weighted by Gasteiger charge is 2.23. The van der Waals surface area contributed by atoms with Gasteiger partial charge in [-0.1, -0.05) is 0 Å². The molecule has 1 unspecified atom stereocenters. The summed E-state index contributed by atoms with van der Waals surface area (Å²) in [6.45, 7) is 1.44. The molecule has 0 bridgehead atoms. The molecule has 1 fully saturated rings. The van der Waals surface area contributed by atoms with Crippen LogP contribution in [0.4, 0.5) is 10.1 Å². The van der Waals surface area contributed by atoms with Gasteiger partial charge >= 0.3 is 0 Å². The van der Waals surface area contributed by atoms with Crippen molar-refractivity contribution < 1.29 is 18.7 Å². The number of nitrogens with one attached hydrogen (secondary N) is 2. The second-order valence-electron chi connectivity index (χ2n) is 4.37. The van der Waals surface area contributed by atoms with Crippen LogP contribution in [0.15, 0.2) is 12.1 Å². The van der Waals surface area contributed by atoms with Gasteiger partial charge in [0.25, 0.3) is 0 Å². The molecule has 1 amide bonds. The van der Waals surface area contributed by atoms with Gasteiger partial charge < -0.3 is 20.1 Å². The summed E-state index contributed by atoms with van der Waals surface area (Å²) in [7, 11) is 2.89. The molecule has 1 atom stereocenters. The fourth-order valence-corrected chi connectivity index (χ4v) is 2.06. The molecule has 2 N–H and O–H groups in total. The van der Waals surface area contributed by atoms with Crippen LogP contribution in [0.5, 0.6) is 11.5 Å². The Bertz CT molecular complexity index is 473. The lowest BCUT2D eigenvalue weighted by molar-refractivity contribution is -0.119. The van der Waals surface area contributed by atoms with Gasteiger partial charge in [-0.3, -0.25) is 4.79 Å². The van der Waals surface area contributed by atoms with Gasteiger partial charge in [-0.2, -0.15) is 0 Å². The molecule has 104 valence electrons. The molecule has 1 aliphatic heterocycles. The van der Waals surface area contributed by atoms with E-state index in [-0.39, 0.29) is 17.5 Å². The second kappa shape index (κ2) is 5.88. The van der Waals surface area contributed by atoms with E-state index in [0.717, 1.165) is 13.0 Å². The van der Waals surface area contributed by atoms with Crippen molar-refractivity contribution in [3.8, 4) is 11.5 Å². The molecule has 1 aromatic rings. The number of rotatable bonds is 4. The summed E-state index contributed by atoms with van der Waals surface area (Å²) in [5.74, 6) is -0.176. The third-order valence-corrected chi connectivity index (χ3v) is 3.16. The summed E-state index contributed by atoms with van der Waals surface area (Å²) < 4.78 is 23.9. The molecular formula is C13H17FN2O3. The first-order chi connectivity index (χ1) is 9.15. The molecule has 1 aliphatic rings. The summed E-state index contributed by atoms with van der Waals surface area (Å²) in [4.78, 5) is 11.9. The van der Waals surface area contributed by atoms with Crippen LogP contribution in [-0.4, -0.2) is 33.2 Å². The lowest BCUT2D eigenvalue weighted by Crippen LogP contribution is -2.25. The first-order valence-corrected chi connectivity index (χ1v) is 6.08. The molecule has 1 heterocycles. The lowest BCUT2D eigenvalue weighted by atomic mass is 10.1. The Kier molecular flexibility index (Phi) is 4.21. The van der Waals surface area contributed by atoms with Crippen molar-refractivity contribution in [1.82, 2.24) is 5.32 Å². The number of hydrogen-bond acceptors (Lipinski definition) is 4. The van der Waals surface area contributed by atoms with E-state index in [4.69, 9.17) is 9.47 Å². The van der Waals surface area contributed by atoms with Crippen LogP contribution in [0.1, 0.15) is 6.42 Å². The molecule has 1 aromatic carbocycles. The minimum atomic E-state index is -0.544. The fourth-order valence-electron chi connectivity index (χ4n) is 2.06. The molecule has 6 heteroatoms. The van der Waals surface area contributed by atoms with E-state index in [1.54, 1.807) is 0 Å². The molecule has 0 aromatic heterocycles. The highest BCUT2D eigenvalue weighted by molar-refractivity contribution is 5.93. The monoisotopic (exact) mass is 268 g/mol. The SMILES string of the molecule is COc1cc(F)c(NC(=O)C2CCNC2)cc1OC. The zero-order valence-electron chi connectivity index (χ0n) is 11.0. The van der Waals surface area contributed by atoms with Crippen LogP contribution in [0.2, 0.25) is 0 Å². The fraction of sp³-hybridized carbons (Fsp3) is 0.462. The number of hydrogen-bond donors (Lipinski definition) is 2. The Hall–Kier alpha value is -1.82. The first kappa shape index (κ1) is 13.6. The van der Waals surface area contributed by atoms with Crippen molar-refractivity contribution in [2.45, 2.75) is 6.42 Å². The van der Waals surface area contributed by atoms with Crippen LogP contribution < -0.4 is 20.1 Å². The summed E-state index contributed by atoms with van der Waals surface area (Å²) >= 11 is 0. The van der Waals surface area contributed by atoms with Crippen molar-refractivity contribution in [1.29, 1.82) is 0 Å². The molecule has 5 nitrogen and oxygen atoms in total. The number of methoxy groups -OCH3 is 2. The van der Waals surface area contributed by atoms with Crippen molar-refractivity contribution >= 4 is 11.6 Å². The standard InChI is InChI=1S/C13H17FN2O3/c1-18-11-5-9(14)10(6-12(11)19-2)16-13(17)8-3-4-15-7-8/h5-6,8,15H,3-4,7H2,1-2H3,(H,16,17). The van der Waals surface area contributed by atoms with Gasteiger partial charge in [-0.25, -0.2) is 4.39 Å². The van der Waals surface area contributed by atoms with Gasteiger partial charge in [-0.05, 0) is 13.0 Å². The number of carbonyl (C=O) groups is 1. The quantitative estimate of drug-likeness (QED) is 0.866. The van der Waals surface area contributed by atoms with Gasteiger partial charge in [0.15, 0.2) is 17.3 Å². The molecule has 0 radical (unpaired) electrons. The minimum Gasteiger partial charge on any atom is -0.493 e. The average molecular weight is 268 g/mol. The molecule has 0 saturated carbocycles. The minimum absolute atomic E-state index is 0.106. The Labute approximate surface area is 111 Å². The predicted molar refractivity (Wildman–Crippen MR) is 69.1 cm³/mol. The van der Waals surface area contributed by atoms with E-state index in [9.17, 15) is 9.18 Å². The van der Waals surface area contributed by atoms with E-state index in [1.807, 2.05) is 0 Å². The summed E-state index contributed by atoms with van der Waals surface area (Å²) in [6.07, 6.45) is 0.765. The van der Waals surface area contributed by atoms with Crippen LogP contribution in [0, 0.1) is 11.7 Å². The first-order valence-electron chi connectivity index (χ1n) is 6.08. The third kappa shape index (κ3) is 2.96. The Balaban J connectivity index is 2.17. The zero-order chi connectivity index (χ0) is 13.8. The number of halogens is 1. The van der Waals surface area contributed by atoms with E-state index in [1.165, 1.54) is 26.4 Å². The van der Waals surface area contributed by atoms with Crippen LogP contribution in [0.3, 0.4) is 0 Å². The zero-order valence-corrected chi connectivity index (χ0v) is 11.0. The van der Waals surface area contributed by atoms with E-state index in [2.05, 4.69) is 10.6 Å². The number of ether oxygens (including phenoxy) is 2. The van der Waals surface area contributed by atoms with Crippen molar-refractivity contribution in [2.75, 3.05) is 32.6 Å². The van der Waals surface area contributed by atoms with Crippen molar-refractivity contribution in [2.24, 2.45) is 5.92 Å². The summed E-state index contributed by atoms with van der Waals surface area (Å²) in [6, 6.07) is 2.62. The molecule has 0 spiro atoms. The third-order valence-electron chi connectivity index (χ3n) is 3.16. The smallest absolute Gasteiger partial charge is 0.228 e. The van der Waals surface area contributed by atoms with Gasteiger partial charge in [0.2, 0.25) is 5.91 Å². The summed E-state index contributed by atoms with van der Waals surface area (Å²) in [5, 5.41) is 5.68. The van der Waals surface area contributed by atoms with E-state index >= 15 is 0 Å². The molecule has 19 heavy (non-hydrogen) atoms. The van der Waals surface area contributed by atoms with Gasteiger partial charge in [0.05, 0.1) is 25.8 Å². The molecule has 0 aliphatic carbocycles. The van der Waals surface area contributed by atoms with E-state index in [0.29, 0.717) is 18.0 Å². The van der Waals surface area contributed by atoms with Crippen LogP contribution in [-0.2, 0) is 4.79 Å². The maximum atomic E-state index is 13.8. The van der Waals surface area contributed by atoms with Crippen LogP contribution in [0.25, 0.3) is 0 Å². The van der Waals surface area contributed by atoms with Gasteiger partial charge in [0.1, 0.15) is 0 Å². The number of benzene rings is 1. The predicted octanol–water partition coefficient (Wildman–Crippen LogP) is 1.39. The number of anilines is 1. The van der Waals surface area contributed by atoms with Gasteiger partial charge in [-0.15, -0.1) is 0 Å². The normalized spacial score (nSPS) is 18.2. The Morgan fingerprint density at radius 1 is 1.37 bits per heavy atom. The number of amides is 1. The highest BCUT2D eigenvalue weighted by Crippen LogP contribution is 2.32. The average Bonchev–Trinajstić information content (AvgIpc) is 2.94. The highest BCUT2D eigenvalue weighted by atomic mass is 19.1. The number of carbonyl (C=O) groups excluding carboxylic acids is 1. The van der Waals surface area contributed by atoms with Crippen molar-refractivity contribution in [3.05, 3.63) is 17.9 Å². The second-order valence-corrected chi connectivity index (χ2v) is 4.37. The maximum absolute atomic E-state index is 13.8. The van der Waals surface area contributed by atoms with Crippen LogP contribution >= 0.6 is 0 Å².